The molecule has 2 saturated carbocycles. The topological polar surface area (TPSA) is 297 Å². The molecule has 3 fully saturated rings. The smallest absolute Gasteiger partial charge is 0.746 e. The van der Waals surface area contributed by atoms with Crippen molar-refractivity contribution in [2.45, 2.75) is 115 Å². The third-order valence-electron chi connectivity index (χ3n) is 15.2. The second-order valence-electron chi connectivity index (χ2n) is 20.2. The molecule has 12 atom stereocenters. The minimum absolute atomic E-state index is 0. The van der Waals surface area contributed by atoms with Gasteiger partial charge >= 0.3 is 67.2 Å². The van der Waals surface area contributed by atoms with Crippen molar-refractivity contribution in [2.24, 2.45) is 16.7 Å². The molecule has 22 heteroatoms. The number of nitrogens with one attached hydrogen (secondary N) is 1. The average Bonchev–Trinajstić information content (AvgIpc) is 3.40. The van der Waals surface area contributed by atoms with Gasteiger partial charge in [0.2, 0.25) is 6.10 Å². The summed E-state index contributed by atoms with van der Waals surface area (Å²) in [6, 6.07) is 27.1. The van der Waals surface area contributed by atoms with Crippen LogP contribution in [0.4, 0.5) is 0 Å². The molecule has 1 amide bonds. The zero-order valence-corrected chi connectivity index (χ0v) is 46.1. The van der Waals surface area contributed by atoms with Crippen molar-refractivity contribution in [1.29, 1.82) is 0 Å². The summed E-state index contributed by atoms with van der Waals surface area (Å²) in [7, 11) is -5.40. The van der Waals surface area contributed by atoms with Crippen molar-refractivity contribution in [3.63, 3.8) is 0 Å². The molecule has 20 nitrogen and oxygen atoms in total. The second-order valence-corrected chi connectivity index (χ2v) is 21.3. The molecule has 0 spiro atoms. The quantitative estimate of drug-likeness (QED) is 0.0430. The fourth-order valence-corrected chi connectivity index (χ4v) is 11.9. The van der Waals surface area contributed by atoms with Crippen LogP contribution in [0.15, 0.2) is 126 Å². The number of Topliss-reactive ketones (excluding diaryl/α,β-unsaturated/α-hetero) is 1. The number of phosphoric acid groups is 1. The SMILES string of the molecule is CC(=O)O[C@H]1C(=O)[C@@]2(C)C(C(OC(=O)c3ccccc3)[C@]3(O)C[C@H](OC(=O)[C@H](OC(=O)Cc4ccccc4OP(=O)([O-])O)[C@@H](NC(=O)c4ccccc4)c4ccccc4)C(C)=C1C3(C)C)[C@]1(OC(C)=O)CO[C@@H]1C[C@@H]2O.[Na+]. The second kappa shape index (κ2) is 22.7. The first-order valence-corrected chi connectivity index (χ1v) is 25.8. The van der Waals surface area contributed by atoms with Crippen LogP contribution in [-0.4, -0.2) is 111 Å². The average molecular weight is 1090 g/mol. The Morgan fingerprint density at radius 1 is 0.831 bits per heavy atom. The van der Waals surface area contributed by atoms with Crippen molar-refractivity contribution in [1.82, 2.24) is 5.32 Å². The molecule has 402 valence electrons. The number of fused-ring (bicyclic) bond motifs is 5. The predicted molar refractivity (Wildman–Crippen MR) is 262 cm³/mol. The molecular weight excluding hydrogens is 1030 g/mol. The van der Waals surface area contributed by atoms with Gasteiger partial charge in [-0.2, -0.15) is 0 Å². The predicted octanol–water partition coefficient (Wildman–Crippen LogP) is 1.37. The van der Waals surface area contributed by atoms with Gasteiger partial charge in [0.15, 0.2) is 17.5 Å². The van der Waals surface area contributed by atoms with E-state index in [0.29, 0.717) is 0 Å². The molecule has 4 aromatic rings. The zero-order valence-electron chi connectivity index (χ0n) is 43.2. The van der Waals surface area contributed by atoms with Crippen molar-refractivity contribution in [3.8, 4) is 5.75 Å². The van der Waals surface area contributed by atoms with E-state index in [2.05, 4.69) is 5.32 Å². The van der Waals surface area contributed by atoms with Gasteiger partial charge in [0.05, 0.1) is 36.0 Å². The molecular formula is C55H57NNaO19P. The summed E-state index contributed by atoms with van der Waals surface area (Å²) in [5.74, 6) is -9.12. The van der Waals surface area contributed by atoms with Gasteiger partial charge < -0.3 is 58.3 Å². The van der Waals surface area contributed by atoms with Crippen LogP contribution < -0.4 is 44.3 Å². The van der Waals surface area contributed by atoms with E-state index in [1.54, 1.807) is 54.6 Å². The molecule has 1 heterocycles. The first-order chi connectivity index (χ1) is 35.8. The first-order valence-electron chi connectivity index (χ1n) is 24.3. The monoisotopic (exact) mass is 1090 g/mol. The molecule has 4 aromatic carbocycles. The number of aliphatic hydroxyl groups excluding tert-OH is 1. The summed E-state index contributed by atoms with van der Waals surface area (Å²) >= 11 is 0. The largest absolute Gasteiger partial charge is 1.00 e. The number of hydrogen-bond acceptors (Lipinski definition) is 18. The number of esters is 5. The molecule has 0 aromatic heterocycles. The standard InChI is InChI=1S/C55H58NO19P.Na/c1-30-38(71-51(64)45(72-41(60)26-36-24-16-17-25-37(36)75-76(66,67)68)43(33-18-10-7-11-19-33)56-49(62)34-20-12-8-13-21-34)28-55(65)48(73-50(63)35-22-14-9-15-23-35)46-53(6,39(59)27-40-54(46,29-69-40)74-32(3)58)47(61)44(70-31(2)57)42(30)52(55,4)5;/h7-25,38-40,43-46,48,59,65H,26-29H2,1-6H3,(H,56,62)(H2,66,67,68);/q;+1/p-1/t38-,39-,40+,43-,44+,45+,46?,48?,53+,54-,55+;/m0./s1. The Hall–Kier alpha value is -6.06. The summed E-state index contributed by atoms with van der Waals surface area (Å²) < 4.78 is 53.3. The number of ether oxygens (including phenoxy) is 6. The van der Waals surface area contributed by atoms with Crippen LogP contribution in [-0.2, 0) is 63.4 Å². The Morgan fingerprint density at radius 3 is 1.99 bits per heavy atom. The number of hydrogen-bond donors (Lipinski definition) is 4. The van der Waals surface area contributed by atoms with Gasteiger partial charge in [-0.1, -0.05) is 98.8 Å². The summed E-state index contributed by atoms with van der Waals surface area (Å²) in [6.07, 6.45) is -12.2. The number of rotatable bonds is 15. The number of ketones is 1. The molecule has 3 aliphatic carbocycles. The van der Waals surface area contributed by atoms with E-state index in [1.165, 1.54) is 82.3 Å². The van der Waals surface area contributed by atoms with Gasteiger partial charge in [-0.3, -0.25) is 28.5 Å². The van der Waals surface area contributed by atoms with E-state index >= 15 is 9.59 Å². The van der Waals surface area contributed by atoms with E-state index in [9.17, 15) is 48.5 Å². The van der Waals surface area contributed by atoms with E-state index in [0.717, 1.165) is 19.9 Å². The Labute approximate surface area is 465 Å². The van der Waals surface area contributed by atoms with E-state index in [4.69, 9.17) is 32.9 Å². The molecule has 1 aliphatic heterocycles. The fourth-order valence-electron chi connectivity index (χ4n) is 11.5. The van der Waals surface area contributed by atoms with Crippen molar-refractivity contribution < 1.29 is 121 Å². The van der Waals surface area contributed by atoms with Gasteiger partial charge in [-0.05, 0) is 60.9 Å². The number of para-hydroxylation sites is 1. The van der Waals surface area contributed by atoms with Crippen molar-refractivity contribution >= 4 is 49.4 Å². The molecule has 4 N–H and O–H groups in total. The summed E-state index contributed by atoms with van der Waals surface area (Å²) in [4.78, 5) is 122. The normalized spacial score (nSPS) is 28.5. The first kappa shape index (κ1) is 58.6. The third-order valence-corrected chi connectivity index (χ3v) is 15.7. The van der Waals surface area contributed by atoms with Crippen molar-refractivity contribution in [2.75, 3.05) is 6.61 Å². The van der Waals surface area contributed by atoms with Crippen LogP contribution in [0.25, 0.3) is 0 Å². The summed E-state index contributed by atoms with van der Waals surface area (Å²) in [5.41, 5.74) is -8.17. The molecule has 3 unspecified atom stereocenters. The van der Waals surface area contributed by atoms with Crippen LogP contribution in [0.2, 0.25) is 0 Å². The third kappa shape index (κ3) is 11.3. The van der Waals surface area contributed by atoms with Crippen LogP contribution in [0.1, 0.15) is 92.3 Å². The number of phosphoric ester groups is 1. The number of carbonyl (C=O) groups excluding carboxylic acids is 7. The molecule has 8 rings (SSSR count). The Balaban J connectivity index is 0.00000861. The van der Waals surface area contributed by atoms with Crippen LogP contribution in [0.3, 0.4) is 0 Å². The Morgan fingerprint density at radius 2 is 1.42 bits per heavy atom. The fraction of sp³-hybridized carbons (Fsp3) is 0.400. The number of aliphatic hydroxyl groups is 2. The van der Waals surface area contributed by atoms with Gasteiger partial charge in [0.25, 0.3) is 5.91 Å². The van der Waals surface area contributed by atoms with Crippen LogP contribution in [0.5, 0.6) is 5.75 Å². The Bertz CT molecular complexity index is 3010. The van der Waals surface area contributed by atoms with E-state index in [-0.39, 0.29) is 76.0 Å². The Kier molecular flexibility index (Phi) is 17.3. The minimum Gasteiger partial charge on any atom is -0.746 e. The van der Waals surface area contributed by atoms with Crippen LogP contribution in [0, 0.1) is 16.7 Å². The zero-order chi connectivity index (χ0) is 55.1. The molecule has 1 saturated heterocycles. The maximum Gasteiger partial charge on any atom is 1.00 e. The van der Waals surface area contributed by atoms with Gasteiger partial charge in [-0.15, -0.1) is 0 Å². The maximum atomic E-state index is 15.8. The minimum atomic E-state index is -5.40. The maximum absolute atomic E-state index is 15.8. The molecule has 4 aliphatic rings. The molecule has 0 radical (unpaired) electrons. The van der Waals surface area contributed by atoms with Gasteiger partial charge in [0.1, 0.15) is 35.7 Å². The van der Waals surface area contributed by atoms with Gasteiger partial charge in [0, 0.05) is 43.2 Å². The summed E-state index contributed by atoms with van der Waals surface area (Å²) in [6.45, 7) is 7.59. The molecule has 2 bridgehead atoms. The molecule has 77 heavy (non-hydrogen) atoms. The number of benzene rings is 4. The van der Waals surface area contributed by atoms with Crippen LogP contribution >= 0.6 is 7.82 Å². The van der Waals surface area contributed by atoms with E-state index in [1.807, 2.05) is 0 Å². The number of amides is 1. The van der Waals surface area contributed by atoms with Gasteiger partial charge in [-0.25, -0.2) is 9.59 Å². The van der Waals surface area contributed by atoms with Crippen molar-refractivity contribution in [3.05, 3.63) is 149 Å². The summed E-state index contributed by atoms with van der Waals surface area (Å²) in [5, 5.41) is 29.0. The van der Waals surface area contributed by atoms with E-state index < -0.39 is 139 Å². The number of carbonyl (C=O) groups is 7.